The Hall–Kier alpha value is -0.850. The lowest BCUT2D eigenvalue weighted by molar-refractivity contribution is 0.0991. The summed E-state index contributed by atoms with van der Waals surface area (Å²) in [5, 5.41) is 8.12. The molecule has 0 spiro atoms. The first-order valence-corrected chi connectivity index (χ1v) is 5.16. The van der Waals surface area contributed by atoms with Crippen molar-refractivity contribution < 1.29 is 4.79 Å². The Morgan fingerprint density at radius 1 is 1.57 bits per heavy atom. The van der Waals surface area contributed by atoms with Crippen LogP contribution in [0.15, 0.2) is 22.7 Å². The fraction of sp³-hybridized carbons (Fsp3) is 0.200. The van der Waals surface area contributed by atoms with Crippen molar-refractivity contribution in [2.24, 2.45) is 0 Å². The number of ketones is 1. The summed E-state index contributed by atoms with van der Waals surface area (Å²) in [5.74, 6) is -0.176. The molecular formula is C10H7BrClNO. The molecule has 1 atom stereocenters. The summed E-state index contributed by atoms with van der Waals surface area (Å²) in [7, 11) is 0. The third kappa shape index (κ3) is 2.57. The van der Waals surface area contributed by atoms with E-state index in [1.54, 1.807) is 19.1 Å². The van der Waals surface area contributed by atoms with Crippen molar-refractivity contribution in [3.8, 4) is 6.07 Å². The molecule has 1 rings (SSSR count). The van der Waals surface area contributed by atoms with Crippen LogP contribution in [0.5, 0.6) is 0 Å². The predicted molar refractivity (Wildman–Crippen MR) is 58.5 cm³/mol. The van der Waals surface area contributed by atoms with E-state index >= 15 is 0 Å². The van der Waals surface area contributed by atoms with E-state index in [-0.39, 0.29) is 5.78 Å². The first kappa shape index (κ1) is 11.2. The molecule has 0 bridgehead atoms. The van der Waals surface area contributed by atoms with Gasteiger partial charge in [0, 0.05) is 10.0 Å². The molecule has 0 aromatic heterocycles. The second-order valence-corrected chi connectivity index (χ2v) is 4.39. The topological polar surface area (TPSA) is 40.9 Å². The zero-order valence-corrected chi connectivity index (χ0v) is 9.76. The zero-order chi connectivity index (χ0) is 10.7. The van der Waals surface area contributed by atoms with Gasteiger partial charge in [-0.05, 0) is 25.1 Å². The van der Waals surface area contributed by atoms with Gasteiger partial charge in [0.15, 0.2) is 5.78 Å². The van der Waals surface area contributed by atoms with Gasteiger partial charge in [-0.25, -0.2) is 0 Å². The van der Waals surface area contributed by atoms with Crippen molar-refractivity contribution >= 4 is 33.3 Å². The van der Waals surface area contributed by atoms with Gasteiger partial charge in [0.1, 0.15) is 0 Å². The average Bonchev–Trinajstić information content (AvgIpc) is 2.15. The summed E-state index contributed by atoms with van der Waals surface area (Å²) in [6, 6.07) is 6.81. The van der Waals surface area contributed by atoms with E-state index in [4.69, 9.17) is 16.9 Å². The van der Waals surface area contributed by atoms with Crippen LogP contribution < -0.4 is 0 Å². The van der Waals surface area contributed by atoms with Crippen LogP contribution in [0.3, 0.4) is 0 Å². The van der Waals surface area contributed by atoms with Gasteiger partial charge < -0.3 is 0 Å². The van der Waals surface area contributed by atoms with Gasteiger partial charge in [0.2, 0.25) is 0 Å². The highest BCUT2D eigenvalue weighted by Gasteiger charge is 2.13. The molecule has 0 saturated carbocycles. The maximum absolute atomic E-state index is 11.5. The molecule has 2 nitrogen and oxygen atoms in total. The highest BCUT2D eigenvalue weighted by molar-refractivity contribution is 9.10. The maximum atomic E-state index is 11.5. The van der Waals surface area contributed by atoms with Gasteiger partial charge in [-0.1, -0.05) is 15.9 Å². The van der Waals surface area contributed by atoms with Crippen LogP contribution in [0.2, 0.25) is 0 Å². The van der Waals surface area contributed by atoms with Crippen molar-refractivity contribution in [1.29, 1.82) is 5.26 Å². The lowest BCUT2D eigenvalue weighted by Crippen LogP contribution is -2.10. The van der Waals surface area contributed by atoms with Crippen molar-refractivity contribution in [3.05, 3.63) is 33.8 Å². The van der Waals surface area contributed by atoms with Crippen LogP contribution in [0.25, 0.3) is 0 Å². The third-order valence-electron chi connectivity index (χ3n) is 1.67. The fourth-order valence-corrected chi connectivity index (χ4v) is 1.65. The van der Waals surface area contributed by atoms with Gasteiger partial charge in [-0.15, -0.1) is 11.6 Å². The molecule has 72 valence electrons. The summed E-state index contributed by atoms with van der Waals surface area (Å²) < 4.78 is 0.706. The number of Topliss-reactive ketones (excluding diaryl/α,β-unsaturated/α-hetero) is 1. The number of halogens is 2. The molecule has 1 aromatic rings. The standard InChI is InChI=1S/C10H7BrClNO/c1-6(12)10(14)8-2-7(5-13)3-9(11)4-8/h2-4,6H,1H3. The number of hydrogen-bond donors (Lipinski definition) is 0. The van der Waals surface area contributed by atoms with Gasteiger partial charge in [-0.3, -0.25) is 4.79 Å². The molecule has 4 heteroatoms. The lowest BCUT2D eigenvalue weighted by Gasteiger charge is -2.03. The minimum absolute atomic E-state index is 0.176. The van der Waals surface area contributed by atoms with Crippen LogP contribution in [-0.4, -0.2) is 11.2 Å². The molecular weight excluding hydrogens is 265 g/mol. The van der Waals surface area contributed by atoms with E-state index in [0.717, 1.165) is 0 Å². The van der Waals surface area contributed by atoms with E-state index < -0.39 is 5.38 Å². The first-order chi connectivity index (χ1) is 6.54. The summed E-state index contributed by atoms with van der Waals surface area (Å²) in [6.45, 7) is 1.61. The Bertz CT molecular complexity index is 409. The van der Waals surface area contributed by atoms with E-state index in [2.05, 4.69) is 15.9 Å². The maximum Gasteiger partial charge on any atom is 0.180 e. The van der Waals surface area contributed by atoms with E-state index in [1.807, 2.05) is 6.07 Å². The molecule has 0 radical (unpaired) electrons. The Kier molecular flexibility index (Phi) is 3.68. The number of alkyl halides is 1. The fourth-order valence-electron chi connectivity index (χ4n) is 1.03. The van der Waals surface area contributed by atoms with Crippen LogP contribution in [0.1, 0.15) is 22.8 Å². The molecule has 1 aromatic carbocycles. The average molecular weight is 273 g/mol. The largest absolute Gasteiger partial charge is 0.293 e. The summed E-state index contributed by atoms with van der Waals surface area (Å²) in [5.41, 5.74) is 0.901. The Balaban J connectivity index is 3.17. The summed E-state index contributed by atoms with van der Waals surface area (Å²) in [6.07, 6.45) is 0. The van der Waals surface area contributed by atoms with Gasteiger partial charge in [0.05, 0.1) is 17.0 Å². The number of nitrogens with zero attached hydrogens (tertiary/aromatic N) is 1. The quantitative estimate of drug-likeness (QED) is 0.613. The van der Waals surface area contributed by atoms with Crippen molar-refractivity contribution in [2.75, 3.05) is 0 Å². The van der Waals surface area contributed by atoms with Gasteiger partial charge in [0.25, 0.3) is 0 Å². The number of rotatable bonds is 2. The van der Waals surface area contributed by atoms with Crippen molar-refractivity contribution in [1.82, 2.24) is 0 Å². The molecule has 0 aliphatic rings. The van der Waals surface area contributed by atoms with Crippen LogP contribution in [-0.2, 0) is 0 Å². The van der Waals surface area contributed by atoms with Gasteiger partial charge >= 0.3 is 0 Å². The molecule has 0 aliphatic carbocycles. The molecule has 0 fully saturated rings. The van der Waals surface area contributed by atoms with Gasteiger partial charge in [-0.2, -0.15) is 5.26 Å². The van der Waals surface area contributed by atoms with Crippen LogP contribution in [0, 0.1) is 11.3 Å². The minimum Gasteiger partial charge on any atom is -0.293 e. The molecule has 0 saturated heterocycles. The number of benzene rings is 1. The summed E-state index contributed by atoms with van der Waals surface area (Å²) >= 11 is 8.89. The van der Waals surface area contributed by atoms with E-state index in [1.165, 1.54) is 6.07 Å². The number of carbonyl (C=O) groups is 1. The van der Waals surface area contributed by atoms with E-state index in [9.17, 15) is 4.79 Å². The Morgan fingerprint density at radius 2 is 2.21 bits per heavy atom. The predicted octanol–water partition coefficient (Wildman–Crippen LogP) is 3.13. The zero-order valence-electron chi connectivity index (χ0n) is 7.42. The molecule has 0 heterocycles. The SMILES string of the molecule is CC(Cl)C(=O)c1cc(Br)cc(C#N)c1. The molecule has 0 N–H and O–H groups in total. The van der Waals surface area contributed by atoms with E-state index in [0.29, 0.717) is 15.6 Å². The second-order valence-electron chi connectivity index (χ2n) is 2.82. The lowest BCUT2D eigenvalue weighted by atomic mass is 10.1. The molecule has 0 aliphatic heterocycles. The van der Waals surface area contributed by atoms with Crippen LogP contribution in [0.4, 0.5) is 0 Å². The Labute approximate surface area is 95.6 Å². The number of nitriles is 1. The Morgan fingerprint density at radius 3 is 2.71 bits per heavy atom. The number of carbonyl (C=O) groups excluding carboxylic acids is 1. The van der Waals surface area contributed by atoms with Crippen molar-refractivity contribution in [2.45, 2.75) is 12.3 Å². The molecule has 14 heavy (non-hydrogen) atoms. The first-order valence-electron chi connectivity index (χ1n) is 3.93. The smallest absolute Gasteiger partial charge is 0.180 e. The minimum atomic E-state index is -0.573. The normalized spacial score (nSPS) is 11.9. The highest BCUT2D eigenvalue weighted by atomic mass is 79.9. The summed E-state index contributed by atoms with van der Waals surface area (Å²) in [4.78, 5) is 11.5. The highest BCUT2D eigenvalue weighted by Crippen LogP contribution is 2.17. The second kappa shape index (κ2) is 4.59. The molecule has 0 amide bonds. The van der Waals surface area contributed by atoms with Crippen LogP contribution >= 0.6 is 27.5 Å². The third-order valence-corrected chi connectivity index (χ3v) is 2.33. The molecule has 1 unspecified atom stereocenters. The van der Waals surface area contributed by atoms with Crippen molar-refractivity contribution in [3.63, 3.8) is 0 Å². The number of hydrogen-bond acceptors (Lipinski definition) is 2. The monoisotopic (exact) mass is 271 g/mol.